The highest BCUT2D eigenvalue weighted by atomic mass is 32.1. The summed E-state index contributed by atoms with van der Waals surface area (Å²) in [6.45, 7) is 8.92. The summed E-state index contributed by atoms with van der Waals surface area (Å²) in [5, 5.41) is 0.721. The molecule has 1 aliphatic heterocycles. The lowest BCUT2D eigenvalue weighted by Gasteiger charge is -2.29. The highest BCUT2D eigenvalue weighted by Gasteiger charge is 2.22. The number of carbonyl (C=O) groups excluding carboxylic acids is 1. The zero-order valence-corrected chi connectivity index (χ0v) is 18.9. The Morgan fingerprint density at radius 1 is 1.16 bits per heavy atom. The fourth-order valence-corrected chi connectivity index (χ4v) is 4.55. The standard InChI is InChI=1S/C24H29N3O3S/c1-18(2)19-7-9-20(10-8-19)30-17-23(28)27(12-11-26-13-15-29-16-14-26)24-25-21-5-3-4-6-22(21)31-24/h3-10,18H,11-17H2,1-2H3. The van der Waals surface area contributed by atoms with Crippen molar-refractivity contribution in [3.63, 3.8) is 0 Å². The van der Waals surface area contributed by atoms with Gasteiger partial charge in [0.15, 0.2) is 11.7 Å². The Kier molecular flexibility index (Phi) is 7.17. The molecule has 1 aliphatic rings. The van der Waals surface area contributed by atoms with E-state index in [1.807, 2.05) is 48.5 Å². The minimum Gasteiger partial charge on any atom is -0.484 e. The second-order valence-corrected chi connectivity index (χ2v) is 8.99. The summed E-state index contributed by atoms with van der Waals surface area (Å²) in [6.07, 6.45) is 0. The molecule has 0 bridgehead atoms. The Hall–Kier alpha value is -2.48. The zero-order chi connectivity index (χ0) is 21.6. The van der Waals surface area contributed by atoms with Crippen LogP contribution < -0.4 is 9.64 Å². The van der Waals surface area contributed by atoms with E-state index >= 15 is 0 Å². The quantitative estimate of drug-likeness (QED) is 0.527. The molecule has 0 spiro atoms. The lowest BCUT2D eigenvalue weighted by atomic mass is 10.0. The third-order valence-electron chi connectivity index (χ3n) is 5.47. The molecular weight excluding hydrogens is 410 g/mol. The second kappa shape index (κ2) is 10.2. The van der Waals surface area contributed by atoms with Gasteiger partial charge in [-0.05, 0) is 35.7 Å². The number of aromatic nitrogens is 1. The van der Waals surface area contributed by atoms with Crippen molar-refractivity contribution in [3.05, 3.63) is 54.1 Å². The summed E-state index contributed by atoms with van der Waals surface area (Å²) in [5.41, 5.74) is 2.16. The van der Waals surface area contributed by atoms with Crippen LogP contribution in [0.4, 0.5) is 5.13 Å². The molecule has 7 heteroatoms. The summed E-state index contributed by atoms with van der Waals surface area (Å²) >= 11 is 1.54. The predicted molar refractivity (Wildman–Crippen MR) is 125 cm³/mol. The van der Waals surface area contributed by atoms with Crippen LogP contribution >= 0.6 is 11.3 Å². The van der Waals surface area contributed by atoms with Crippen molar-refractivity contribution < 1.29 is 14.3 Å². The maximum Gasteiger partial charge on any atom is 0.266 e. The molecule has 31 heavy (non-hydrogen) atoms. The van der Waals surface area contributed by atoms with Crippen LogP contribution in [0.5, 0.6) is 5.75 Å². The number of rotatable bonds is 8. The maximum absolute atomic E-state index is 13.2. The van der Waals surface area contributed by atoms with Crippen LogP contribution in [0.3, 0.4) is 0 Å². The van der Waals surface area contributed by atoms with Crippen LogP contribution in [0.2, 0.25) is 0 Å². The molecule has 2 heterocycles. The van der Waals surface area contributed by atoms with Gasteiger partial charge in [0.2, 0.25) is 0 Å². The number of fused-ring (bicyclic) bond motifs is 1. The number of morpholine rings is 1. The minimum atomic E-state index is -0.0831. The zero-order valence-electron chi connectivity index (χ0n) is 18.1. The molecular formula is C24H29N3O3S. The van der Waals surface area contributed by atoms with E-state index in [1.165, 1.54) is 5.56 Å². The molecule has 0 atom stereocenters. The van der Waals surface area contributed by atoms with Gasteiger partial charge < -0.3 is 9.47 Å². The van der Waals surface area contributed by atoms with Crippen LogP contribution in [0.15, 0.2) is 48.5 Å². The lowest BCUT2D eigenvalue weighted by Crippen LogP contribution is -2.44. The van der Waals surface area contributed by atoms with Crippen molar-refractivity contribution in [1.82, 2.24) is 9.88 Å². The molecule has 0 N–H and O–H groups in total. The molecule has 164 valence electrons. The van der Waals surface area contributed by atoms with Crippen molar-refractivity contribution in [2.75, 3.05) is 50.9 Å². The van der Waals surface area contributed by atoms with E-state index in [2.05, 4.69) is 18.7 Å². The fraction of sp³-hybridized carbons (Fsp3) is 0.417. The Labute approximate surface area is 187 Å². The van der Waals surface area contributed by atoms with Gasteiger partial charge in [0.05, 0.1) is 23.4 Å². The van der Waals surface area contributed by atoms with E-state index < -0.39 is 0 Å². The van der Waals surface area contributed by atoms with Crippen molar-refractivity contribution in [1.29, 1.82) is 0 Å². The minimum absolute atomic E-state index is 0.0138. The third kappa shape index (κ3) is 5.61. The molecule has 2 aromatic carbocycles. The van der Waals surface area contributed by atoms with Gasteiger partial charge in [0.1, 0.15) is 5.75 Å². The molecule has 6 nitrogen and oxygen atoms in total. The third-order valence-corrected chi connectivity index (χ3v) is 6.53. The topological polar surface area (TPSA) is 54.9 Å². The Balaban J connectivity index is 1.46. The molecule has 0 saturated carbocycles. The van der Waals surface area contributed by atoms with Crippen molar-refractivity contribution >= 4 is 32.6 Å². The van der Waals surface area contributed by atoms with Gasteiger partial charge in [-0.2, -0.15) is 0 Å². The van der Waals surface area contributed by atoms with Crippen LogP contribution in [-0.2, 0) is 9.53 Å². The summed E-state index contributed by atoms with van der Waals surface area (Å²) in [4.78, 5) is 22.0. The number of anilines is 1. The number of benzene rings is 2. The molecule has 0 unspecified atom stereocenters. The maximum atomic E-state index is 13.2. The first kappa shape index (κ1) is 21.7. The largest absolute Gasteiger partial charge is 0.484 e. The van der Waals surface area contributed by atoms with Crippen LogP contribution in [-0.4, -0.2) is 61.8 Å². The monoisotopic (exact) mass is 439 g/mol. The van der Waals surface area contributed by atoms with Crippen LogP contribution in [0, 0.1) is 0 Å². The average Bonchev–Trinajstić information content (AvgIpc) is 3.22. The number of ether oxygens (including phenoxy) is 2. The lowest BCUT2D eigenvalue weighted by molar-refractivity contribution is -0.120. The highest BCUT2D eigenvalue weighted by molar-refractivity contribution is 7.22. The summed E-state index contributed by atoms with van der Waals surface area (Å²) < 4.78 is 12.3. The summed E-state index contributed by atoms with van der Waals surface area (Å²) in [6, 6.07) is 15.9. The number of hydrogen-bond donors (Lipinski definition) is 0. The molecule has 3 aromatic rings. The number of nitrogens with zero attached hydrogens (tertiary/aromatic N) is 3. The molecule has 0 radical (unpaired) electrons. The number of thiazole rings is 1. The number of hydrogen-bond acceptors (Lipinski definition) is 6. The van der Waals surface area contributed by atoms with Crippen molar-refractivity contribution in [3.8, 4) is 5.75 Å². The summed E-state index contributed by atoms with van der Waals surface area (Å²) in [5.74, 6) is 1.08. The average molecular weight is 440 g/mol. The first-order valence-electron chi connectivity index (χ1n) is 10.8. The fourth-order valence-electron chi connectivity index (χ4n) is 3.54. The SMILES string of the molecule is CC(C)c1ccc(OCC(=O)N(CCN2CCOCC2)c2nc3ccccc3s2)cc1. The molecule has 4 rings (SSSR count). The molecule has 1 saturated heterocycles. The van der Waals surface area contributed by atoms with E-state index in [4.69, 9.17) is 14.5 Å². The van der Waals surface area contributed by atoms with Gasteiger partial charge in [0, 0.05) is 26.2 Å². The molecule has 1 fully saturated rings. The van der Waals surface area contributed by atoms with E-state index in [-0.39, 0.29) is 12.5 Å². The van der Waals surface area contributed by atoms with Crippen LogP contribution in [0.1, 0.15) is 25.3 Å². The normalized spacial score (nSPS) is 14.8. The van der Waals surface area contributed by atoms with Gasteiger partial charge in [-0.1, -0.05) is 49.4 Å². The first-order valence-corrected chi connectivity index (χ1v) is 11.6. The van der Waals surface area contributed by atoms with Gasteiger partial charge in [-0.15, -0.1) is 0 Å². The van der Waals surface area contributed by atoms with Gasteiger partial charge >= 0.3 is 0 Å². The highest BCUT2D eigenvalue weighted by Crippen LogP contribution is 2.29. The van der Waals surface area contributed by atoms with E-state index in [1.54, 1.807) is 16.2 Å². The number of carbonyl (C=O) groups is 1. The van der Waals surface area contributed by atoms with Crippen molar-refractivity contribution in [2.24, 2.45) is 0 Å². The Morgan fingerprint density at radius 2 is 1.90 bits per heavy atom. The Bertz CT molecular complexity index is 964. The second-order valence-electron chi connectivity index (χ2n) is 7.98. The smallest absolute Gasteiger partial charge is 0.266 e. The molecule has 0 aliphatic carbocycles. The van der Waals surface area contributed by atoms with Gasteiger partial charge in [0.25, 0.3) is 5.91 Å². The molecule has 1 amide bonds. The number of amides is 1. The van der Waals surface area contributed by atoms with Crippen LogP contribution in [0.25, 0.3) is 10.2 Å². The first-order chi connectivity index (χ1) is 15.1. The number of para-hydroxylation sites is 1. The van der Waals surface area contributed by atoms with Gasteiger partial charge in [-0.3, -0.25) is 14.6 Å². The van der Waals surface area contributed by atoms with Gasteiger partial charge in [-0.25, -0.2) is 4.98 Å². The van der Waals surface area contributed by atoms with E-state index in [0.29, 0.717) is 18.2 Å². The van der Waals surface area contributed by atoms with E-state index in [9.17, 15) is 4.79 Å². The Morgan fingerprint density at radius 3 is 2.61 bits per heavy atom. The summed E-state index contributed by atoms with van der Waals surface area (Å²) in [7, 11) is 0. The molecule has 1 aromatic heterocycles. The van der Waals surface area contributed by atoms with Crippen molar-refractivity contribution in [2.45, 2.75) is 19.8 Å². The predicted octanol–water partition coefficient (Wildman–Crippen LogP) is 4.16. The van der Waals surface area contributed by atoms with E-state index in [0.717, 1.165) is 48.2 Å².